The summed E-state index contributed by atoms with van der Waals surface area (Å²) in [5.74, 6) is -0.410. The van der Waals surface area contributed by atoms with E-state index in [1.165, 1.54) is 0 Å². The minimum absolute atomic E-state index is 0.236. The number of hydrogen-bond acceptors (Lipinski definition) is 4. The number of H-pyrrole nitrogens is 1. The van der Waals surface area contributed by atoms with Crippen LogP contribution >= 0.6 is 0 Å². The van der Waals surface area contributed by atoms with Gasteiger partial charge in [-0.05, 0) is 36.6 Å². The van der Waals surface area contributed by atoms with Crippen molar-refractivity contribution in [3.8, 4) is 5.75 Å². The molecule has 2 aromatic rings. The second-order valence-electron chi connectivity index (χ2n) is 6.55. The fourth-order valence-electron chi connectivity index (χ4n) is 3.23. The van der Waals surface area contributed by atoms with Crippen LogP contribution in [-0.2, 0) is 25.7 Å². The number of aromatic amines is 1. The number of aryl methyl sites for hydroxylation is 2. The Kier molecular flexibility index (Phi) is 4.79. The molecule has 0 bridgehead atoms. The molecule has 1 N–H and O–H groups in total. The van der Waals surface area contributed by atoms with E-state index in [-0.39, 0.29) is 12.2 Å². The highest BCUT2D eigenvalue weighted by molar-refractivity contribution is 5.41. The van der Waals surface area contributed by atoms with Crippen molar-refractivity contribution in [2.24, 2.45) is 0 Å². The quantitative estimate of drug-likeness (QED) is 0.906. The molecular formula is C18H20F3N3O2. The number of hydrogen-bond donors (Lipinski definition) is 1. The zero-order chi connectivity index (χ0) is 19.1. The molecule has 3 rings (SSSR count). The van der Waals surface area contributed by atoms with Crippen molar-refractivity contribution < 1.29 is 17.9 Å². The van der Waals surface area contributed by atoms with E-state index in [9.17, 15) is 18.0 Å². The standard InChI is InChI=1S/C18H20F3N3O2/c1-10-7-15(26-3)11(2)6-12(10)8-24-5-4-14-13(9-24)16(25)23-17(22-14)18(19,20)21/h6-7H,4-5,8-9H2,1-3H3,(H,22,23,25). The summed E-state index contributed by atoms with van der Waals surface area (Å²) < 4.78 is 43.7. The van der Waals surface area contributed by atoms with Gasteiger partial charge in [0, 0.05) is 26.1 Å². The average Bonchev–Trinajstić information content (AvgIpc) is 2.57. The summed E-state index contributed by atoms with van der Waals surface area (Å²) in [6, 6.07) is 4.01. The molecule has 1 aliphatic rings. The maximum absolute atomic E-state index is 12.8. The van der Waals surface area contributed by atoms with Crippen molar-refractivity contribution in [2.75, 3.05) is 13.7 Å². The topological polar surface area (TPSA) is 58.2 Å². The molecule has 0 radical (unpaired) electrons. The van der Waals surface area contributed by atoms with Crippen LogP contribution in [0.5, 0.6) is 5.75 Å². The normalized spacial score (nSPS) is 15.0. The first-order valence-electron chi connectivity index (χ1n) is 8.24. The fraction of sp³-hybridized carbons (Fsp3) is 0.444. The Bertz CT molecular complexity index is 890. The molecule has 5 nitrogen and oxygen atoms in total. The summed E-state index contributed by atoms with van der Waals surface area (Å²) in [6.07, 6.45) is -4.33. The molecule has 0 saturated carbocycles. The predicted octanol–water partition coefficient (Wildman–Crippen LogP) is 2.97. The van der Waals surface area contributed by atoms with Gasteiger partial charge in [0.05, 0.1) is 18.4 Å². The van der Waals surface area contributed by atoms with E-state index in [1.807, 2.05) is 35.9 Å². The van der Waals surface area contributed by atoms with Crippen LogP contribution in [0.1, 0.15) is 33.8 Å². The van der Waals surface area contributed by atoms with E-state index in [1.54, 1.807) is 7.11 Å². The zero-order valence-corrected chi connectivity index (χ0v) is 14.8. The van der Waals surface area contributed by atoms with E-state index < -0.39 is 17.6 Å². The van der Waals surface area contributed by atoms with Crippen LogP contribution in [0.25, 0.3) is 0 Å². The molecule has 1 aliphatic heterocycles. The molecule has 140 valence electrons. The Morgan fingerprint density at radius 2 is 2.00 bits per heavy atom. The summed E-state index contributed by atoms with van der Waals surface area (Å²) in [7, 11) is 1.62. The Hall–Kier alpha value is -2.35. The van der Waals surface area contributed by atoms with E-state index in [0.29, 0.717) is 25.1 Å². The molecule has 26 heavy (non-hydrogen) atoms. The van der Waals surface area contributed by atoms with Gasteiger partial charge in [-0.2, -0.15) is 13.2 Å². The first-order valence-corrected chi connectivity index (χ1v) is 8.24. The number of benzene rings is 1. The summed E-state index contributed by atoms with van der Waals surface area (Å²) in [5, 5.41) is 0. The smallest absolute Gasteiger partial charge is 0.449 e. The van der Waals surface area contributed by atoms with Gasteiger partial charge < -0.3 is 9.72 Å². The second kappa shape index (κ2) is 6.75. The van der Waals surface area contributed by atoms with Crippen molar-refractivity contribution in [1.29, 1.82) is 0 Å². The first kappa shape index (κ1) is 18.4. The summed E-state index contributed by atoms with van der Waals surface area (Å²) in [4.78, 5) is 19.6. The molecule has 0 unspecified atom stereocenters. The van der Waals surface area contributed by atoms with Crippen LogP contribution in [0.4, 0.5) is 13.2 Å². The molecule has 8 heteroatoms. The van der Waals surface area contributed by atoms with Crippen LogP contribution in [0, 0.1) is 13.8 Å². The van der Waals surface area contributed by atoms with Crippen molar-refractivity contribution >= 4 is 0 Å². The lowest BCUT2D eigenvalue weighted by Crippen LogP contribution is -2.36. The van der Waals surface area contributed by atoms with Crippen molar-refractivity contribution in [3.63, 3.8) is 0 Å². The lowest BCUT2D eigenvalue weighted by atomic mass is 10.0. The number of halogens is 3. The Labute approximate surface area is 148 Å². The Morgan fingerprint density at radius 1 is 1.27 bits per heavy atom. The number of fused-ring (bicyclic) bond motifs is 1. The van der Waals surface area contributed by atoms with Crippen LogP contribution < -0.4 is 10.3 Å². The van der Waals surface area contributed by atoms with Gasteiger partial charge in [0.1, 0.15) is 5.75 Å². The number of aromatic nitrogens is 2. The third-order valence-electron chi connectivity index (χ3n) is 4.66. The van der Waals surface area contributed by atoms with Gasteiger partial charge in [-0.3, -0.25) is 9.69 Å². The lowest BCUT2D eigenvalue weighted by molar-refractivity contribution is -0.145. The molecule has 0 fully saturated rings. The van der Waals surface area contributed by atoms with Crippen LogP contribution in [0.2, 0.25) is 0 Å². The Balaban J connectivity index is 1.84. The molecule has 0 amide bonds. The molecule has 2 heterocycles. The fourth-order valence-corrected chi connectivity index (χ4v) is 3.23. The summed E-state index contributed by atoms with van der Waals surface area (Å²) >= 11 is 0. The number of ether oxygens (including phenoxy) is 1. The predicted molar refractivity (Wildman–Crippen MR) is 90.1 cm³/mol. The maximum Gasteiger partial charge on any atom is 0.449 e. The van der Waals surface area contributed by atoms with E-state index in [4.69, 9.17) is 4.74 Å². The van der Waals surface area contributed by atoms with Crippen molar-refractivity contribution in [2.45, 2.75) is 39.5 Å². The van der Waals surface area contributed by atoms with Gasteiger partial charge in [0.2, 0.25) is 5.82 Å². The third kappa shape index (κ3) is 3.60. The average molecular weight is 367 g/mol. The van der Waals surface area contributed by atoms with E-state index >= 15 is 0 Å². The molecule has 0 spiro atoms. The zero-order valence-electron chi connectivity index (χ0n) is 14.8. The van der Waals surface area contributed by atoms with Crippen molar-refractivity contribution in [1.82, 2.24) is 14.9 Å². The minimum Gasteiger partial charge on any atom is -0.496 e. The van der Waals surface area contributed by atoms with Gasteiger partial charge in [-0.1, -0.05) is 6.07 Å². The van der Waals surface area contributed by atoms with Gasteiger partial charge >= 0.3 is 6.18 Å². The highest BCUT2D eigenvalue weighted by Gasteiger charge is 2.35. The SMILES string of the molecule is COc1cc(C)c(CN2CCc3nc(C(F)(F)F)[nH]c(=O)c3C2)cc1C. The van der Waals surface area contributed by atoms with Crippen LogP contribution in [0.15, 0.2) is 16.9 Å². The van der Waals surface area contributed by atoms with Gasteiger partial charge in [-0.25, -0.2) is 4.98 Å². The monoisotopic (exact) mass is 367 g/mol. The van der Waals surface area contributed by atoms with Crippen molar-refractivity contribution in [3.05, 3.63) is 56.3 Å². The molecule has 0 aliphatic carbocycles. The number of rotatable bonds is 3. The number of nitrogens with one attached hydrogen (secondary N) is 1. The molecule has 1 aromatic carbocycles. The molecular weight excluding hydrogens is 347 g/mol. The third-order valence-corrected chi connectivity index (χ3v) is 4.66. The number of methoxy groups -OCH3 is 1. The van der Waals surface area contributed by atoms with Crippen LogP contribution in [0.3, 0.4) is 0 Å². The highest BCUT2D eigenvalue weighted by atomic mass is 19.4. The molecule has 1 aromatic heterocycles. The summed E-state index contributed by atoms with van der Waals surface area (Å²) in [6.45, 7) is 5.38. The Morgan fingerprint density at radius 3 is 2.65 bits per heavy atom. The largest absolute Gasteiger partial charge is 0.496 e. The molecule has 0 atom stereocenters. The second-order valence-corrected chi connectivity index (χ2v) is 6.55. The highest BCUT2D eigenvalue weighted by Crippen LogP contribution is 2.28. The molecule has 0 saturated heterocycles. The van der Waals surface area contributed by atoms with E-state index in [0.717, 1.165) is 22.4 Å². The van der Waals surface area contributed by atoms with E-state index in [2.05, 4.69) is 4.98 Å². The first-order chi connectivity index (χ1) is 12.2. The van der Waals surface area contributed by atoms with Crippen LogP contribution in [-0.4, -0.2) is 28.5 Å². The lowest BCUT2D eigenvalue weighted by Gasteiger charge is -2.28. The minimum atomic E-state index is -4.65. The van der Waals surface area contributed by atoms with Gasteiger partial charge in [-0.15, -0.1) is 0 Å². The van der Waals surface area contributed by atoms with Gasteiger partial charge in [0.15, 0.2) is 0 Å². The maximum atomic E-state index is 12.8. The van der Waals surface area contributed by atoms with Gasteiger partial charge in [0.25, 0.3) is 5.56 Å². The summed E-state index contributed by atoms with van der Waals surface area (Å²) in [5.41, 5.74) is 3.02. The number of alkyl halides is 3. The number of nitrogens with zero attached hydrogens (tertiary/aromatic N) is 2.